The van der Waals surface area contributed by atoms with Gasteiger partial charge in [-0.05, 0) is 46.2 Å². The Morgan fingerprint density at radius 2 is 1.07 bits per heavy atom. The van der Waals surface area contributed by atoms with E-state index < -0.39 is 0 Å². The number of nitrogens with zero attached hydrogens (tertiary/aromatic N) is 3. The predicted octanol–water partition coefficient (Wildman–Crippen LogP) is 10.9. The van der Waals surface area contributed by atoms with Gasteiger partial charge in [0.2, 0.25) is 0 Å². The Kier molecular flexibility index (Phi) is 5.00. The summed E-state index contributed by atoms with van der Waals surface area (Å²) in [6.45, 7) is 0. The molecule has 0 radical (unpaired) electrons. The molecular formula is C42H25N3. The molecule has 10 aromatic rings. The van der Waals surface area contributed by atoms with Crippen LogP contribution in [0, 0.1) is 0 Å². The van der Waals surface area contributed by atoms with E-state index >= 15 is 0 Å². The monoisotopic (exact) mass is 571 g/mol. The average molecular weight is 572 g/mol. The molecule has 0 spiro atoms. The van der Waals surface area contributed by atoms with Gasteiger partial charge in [0, 0.05) is 32.7 Å². The molecule has 10 rings (SSSR count). The number of aromatic nitrogens is 3. The second-order valence-electron chi connectivity index (χ2n) is 11.8. The number of fused-ring (bicyclic) bond motifs is 7. The zero-order chi connectivity index (χ0) is 29.5. The molecule has 0 aliphatic heterocycles. The highest BCUT2D eigenvalue weighted by Gasteiger charge is 2.20. The number of pyridine rings is 1. The highest BCUT2D eigenvalue weighted by Crippen LogP contribution is 2.44. The molecule has 0 unspecified atom stereocenters. The van der Waals surface area contributed by atoms with Crippen LogP contribution < -0.4 is 0 Å². The normalized spacial score (nSPS) is 12.0. The van der Waals surface area contributed by atoms with Gasteiger partial charge in [-0.3, -0.25) is 0 Å². The summed E-state index contributed by atoms with van der Waals surface area (Å²) in [6, 6.07) is 54.0. The zero-order valence-corrected chi connectivity index (χ0v) is 24.3. The van der Waals surface area contributed by atoms with Crippen LogP contribution >= 0.6 is 0 Å². The lowest BCUT2D eigenvalue weighted by molar-refractivity contribution is 1.29. The number of benzene rings is 7. The van der Waals surface area contributed by atoms with Crippen LogP contribution in [-0.2, 0) is 0 Å². The fraction of sp³-hybridized carbons (Fsp3) is 0. The first kappa shape index (κ1) is 24.4. The lowest BCUT2D eigenvalue weighted by atomic mass is 9.96. The molecule has 208 valence electrons. The van der Waals surface area contributed by atoms with E-state index in [-0.39, 0.29) is 0 Å². The second-order valence-corrected chi connectivity index (χ2v) is 11.8. The van der Waals surface area contributed by atoms with E-state index in [0.29, 0.717) is 0 Å². The molecule has 3 heteroatoms. The van der Waals surface area contributed by atoms with Gasteiger partial charge in [-0.15, -0.1) is 0 Å². The van der Waals surface area contributed by atoms with Gasteiger partial charge in [-0.2, -0.15) is 0 Å². The molecule has 0 saturated heterocycles. The fourth-order valence-corrected chi connectivity index (χ4v) is 7.35. The molecule has 0 aliphatic carbocycles. The first-order chi connectivity index (χ1) is 22.3. The van der Waals surface area contributed by atoms with Crippen molar-refractivity contribution in [2.24, 2.45) is 0 Å². The molecule has 3 nitrogen and oxygen atoms in total. The molecular weight excluding hydrogens is 546 g/mol. The second kappa shape index (κ2) is 9.22. The van der Waals surface area contributed by atoms with Crippen molar-refractivity contribution in [1.29, 1.82) is 0 Å². The molecule has 0 amide bonds. The summed E-state index contributed by atoms with van der Waals surface area (Å²) in [5.74, 6) is 0. The minimum atomic E-state index is 0.883. The van der Waals surface area contributed by atoms with Crippen molar-refractivity contribution in [3.63, 3.8) is 0 Å². The molecule has 0 fully saturated rings. The Hall–Kier alpha value is -6.06. The minimum absolute atomic E-state index is 0.883. The predicted molar refractivity (Wildman–Crippen MR) is 188 cm³/mol. The van der Waals surface area contributed by atoms with Gasteiger partial charge >= 0.3 is 0 Å². The molecule has 3 aromatic heterocycles. The largest absolute Gasteiger partial charge is 0.308 e. The van der Waals surface area contributed by atoms with E-state index in [9.17, 15) is 0 Å². The van der Waals surface area contributed by atoms with Crippen LogP contribution in [0.3, 0.4) is 0 Å². The molecule has 0 saturated carbocycles. The van der Waals surface area contributed by atoms with Crippen molar-refractivity contribution in [1.82, 2.24) is 14.4 Å². The third-order valence-electron chi connectivity index (χ3n) is 9.30. The van der Waals surface area contributed by atoms with E-state index in [2.05, 4.69) is 144 Å². The molecule has 3 heterocycles. The minimum Gasteiger partial charge on any atom is -0.308 e. The first-order valence-electron chi connectivity index (χ1n) is 15.4. The molecule has 0 aliphatic rings. The van der Waals surface area contributed by atoms with Gasteiger partial charge in [-0.1, -0.05) is 127 Å². The Labute approximate surface area is 259 Å². The highest BCUT2D eigenvalue weighted by molar-refractivity contribution is 6.30. The van der Waals surface area contributed by atoms with E-state index in [1.54, 1.807) is 0 Å². The topological polar surface area (TPSA) is 30.2 Å². The third kappa shape index (κ3) is 3.46. The zero-order valence-electron chi connectivity index (χ0n) is 24.3. The number of hydrogen-bond acceptors (Lipinski definition) is 2. The summed E-state index contributed by atoms with van der Waals surface area (Å²) in [4.78, 5) is 10.5. The summed E-state index contributed by atoms with van der Waals surface area (Å²) in [5.41, 5.74) is 11.7. The summed E-state index contributed by atoms with van der Waals surface area (Å²) < 4.78 is 2.47. The van der Waals surface area contributed by atoms with Crippen molar-refractivity contribution >= 4 is 59.9 Å². The van der Waals surface area contributed by atoms with Crippen LogP contribution in [0.15, 0.2) is 152 Å². The van der Waals surface area contributed by atoms with Gasteiger partial charge in [-0.25, -0.2) is 9.97 Å². The smallest absolute Gasteiger partial charge is 0.0973 e. The van der Waals surface area contributed by atoms with E-state index in [1.165, 1.54) is 54.4 Å². The van der Waals surface area contributed by atoms with Crippen molar-refractivity contribution in [2.45, 2.75) is 0 Å². The Morgan fingerprint density at radius 3 is 1.87 bits per heavy atom. The summed E-state index contributed by atoms with van der Waals surface area (Å²) >= 11 is 0. The molecule has 0 N–H and O–H groups in total. The van der Waals surface area contributed by atoms with Gasteiger partial charge in [0.1, 0.15) is 0 Å². The average Bonchev–Trinajstić information content (AvgIpc) is 3.47. The van der Waals surface area contributed by atoms with Crippen LogP contribution in [0.2, 0.25) is 0 Å². The van der Waals surface area contributed by atoms with E-state index in [1.807, 2.05) is 12.1 Å². The standard InChI is InChI=1S/C42H25N3/c1-3-11-27(12-4-1)40-41(28-13-5-2-6-14-28)44-35-25-29(22-24-34(35)43-40)30-17-10-20-37-39(30)33-23-21-26-15-9-18-32-31-16-7-8-19-36(31)45(37)42(33)38(26)32/h1-25H. The van der Waals surface area contributed by atoms with E-state index in [4.69, 9.17) is 9.97 Å². The van der Waals surface area contributed by atoms with Gasteiger partial charge in [0.05, 0.1) is 39.0 Å². The van der Waals surface area contributed by atoms with Crippen LogP contribution in [0.25, 0.3) is 93.5 Å². The lowest BCUT2D eigenvalue weighted by Crippen LogP contribution is -1.96. The molecule has 45 heavy (non-hydrogen) atoms. The highest BCUT2D eigenvalue weighted by atomic mass is 14.9. The van der Waals surface area contributed by atoms with Crippen LogP contribution in [-0.4, -0.2) is 14.4 Å². The Balaban J connectivity index is 1.28. The maximum absolute atomic E-state index is 5.28. The lowest BCUT2D eigenvalue weighted by Gasteiger charge is -2.12. The number of para-hydroxylation sites is 1. The van der Waals surface area contributed by atoms with Crippen LogP contribution in [0.4, 0.5) is 0 Å². The Morgan fingerprint density at radius 1 is 0.400 bits per heavy atom. The summed E-state index contributed by atoms with van der Waals surface area (Å²) in [5, 5.41) is 7.69. The van der Waals surface area contributed by atoms with Gasteiger partial charge < -0.3 is 4.40 Å². The number of hydrogen-bond donors (Lipinski definition) is 0. The van der Waals surface area contributed by atoms with E-state index in [0.717, 1.165) is 39.1 Å². The van der Waals surface area contributed by atoms with Crippen molar-refractivity contribution in [3.05, 3.63) is 152 Å². The van der Waals surface area contributed by atoms with Crippen LogP contribution in [0.1, 0.15) is 0 Å². The Bertz CT molecular complexity index is 2730. The maximum Gasteiger partial charge on any atom is 0.0973 e. The van der Waals surface area contributed by atoms with Crippen molar-refractivity contribution < 1.29 is 0 Å². The number of rotatable bonds is 3. The first-order valence-corrected chi connectivity index (χ1v) is 15.4. The fourth-order valence-electron chi connectivity index (χ4n) is 7.35. The molecule has 0 atom stereocenters. The van der Waals surface area contributed by atoms with Crippen molar-refractivity contribution in [3.8, 4) is 33.6 Å². The third-order valence-corrected chi connectivity index (χ3v) is 9.30. The van der Waals surface area contributed by atoms with Crippen LogP contribution in [0.5, 0.6) is 0 Å². The maximum atomic E-state index is 5.28. The summed E-state index contributed by atoms with van der Waals surface area (Å²) in [6.07, 6.45) is 0. The molecule has 0 bridgehead atoms. The quantitative estimate of drug-likeness (QED) is 0.156. The SMILES string of the molecule is c1ccc(-c2nc3ccc(-c4cccc5c4c4ccc6cccc7c8ccccc8n5c4c67)cc3nc2-c2ccccc2)cc1. The molecule has 7 aromatic carbocycles. The van der Waals surface area contributed by atoms with Gasteiger partial charge in [0.15, 0.2) is 0 Å². The van der Waals surface area contributed by atoms with Gasteiger partial charge in [0.25, 0.3) is 0 Å². The summed E-state index contributed by atoms with van der Waals surface area (Å²) in [7, 11) is 0. The van der Waals surface area contributed by atoms with Crippen molar-refractivity contribution in [2.75, 3.05) is 0 Å².